The van der Waals surface area contributed by atoms with Gasteiger partial charge in [-0.15, -0.1) is 11.3 Å². The zero-order chi connectivity index (χ0) is 22.5. The van der Waals surface area contributed by atoms with E-state index in [2.05, 4.69) is 5.32 Å². The highest BCUT2D eigenvalue weighted by Gasteiger charge is 2.23. The first-order valence-electron chi connectivity index (χ1n) is 9.40. The maximum Gasteiger partial charge on any atom is 0.341 e. The van der Waals surface area contributed by atoms with Gasteiger partial charge in [-0.2, -0.15) is 5.26 Å². The Morgan fingerprint density at radius 3 is 2.58 bits per heavy atom. The number of carbonyl (C=O) groups is 2. The van der Waals surface area contributed by atoms with Crippen LogP contribution in [0.3, 0.4) is 0 Å². The molecule has 1 amide bonds. The molecule has 3 aromatic rings. The molecule has 6 nitrogen and oxygen atoms in total. The second kappa shape index (κ2) is 9.41. The third kappa shape index (κ3) is 4.90. The summed E-state index contributed by atoms with van der Waals surface area (Å²) in [6.45, 7) is 5.51. The first-order valence-corrected chi connectivity index (χ1v) is 10.2. The molecule has 0 saturated carbocycles. The summed E-state index contributed by atoms with van der Waals surface area (Å²) < 4.78 is 23.8. The number of hydrogen-bond acceptors (Lipinski definition) is 6. The summed E-state index contributed by atoms with van der Waals surface area (Å²) in [5.74, 6) is -0.806. The van der Waals surface area contributed by atoms with Gasteiger partial charge < -0.3 is 14.5 Å². The molecule has 0 radical (unpaired) electrons. The van der Waals surface area contributed by atoms with E-state index in [1.165, 1.54) is 29.5 Å². The van der Waals surface area contributed by atoms with Crippen LogP contribution in [0.25, 0.3) is 17.4 Å². The van der Waals surface area contributed by atoms with E-state index in [4.69, 9.17) is 9.15 Å². The molecule has 1 N–H and O–H groups in total. The number of anilines is 1. The van der Waals surface area contributed by atoms with Crippen molar-refractivity contribution in [2.75, 3.05) is 11.9 Å². The quantitative estimate of drug-likeness (QED) is 0.312. The second-order valence-corrected chi connectivity index (χ2v) is 7.77. The fourth-order valence-corrected chi connectivity index (χ4v) is 3.87. The van der Waals surface area contributed by atoms with Crippen molar-refractivity contribution in [2.45, 2.75) is 20.8 Å². The molecule has 0 spiro atoms. The molecule has 0 aliphatic heterocycles. The van der Waals surface area contributed by atoms with E-state index in [1.54, 1.807) is 38.1 Å². The van der Waals surface area contributed by atoms with Crippen molar-refractivity contribution in [3.8, 4) is 17.4 Å². The number of hydrogen-bond donors (Lipinski definition) is 1. The second-order valence-electron chi connectivity index (χ2n) is 6.54. The highest BCUT2D eigenvalue weighted by Crippen LogP contribution is 2.33. The predicted octanol–water partition coefficient (Wildman–Crippen LogP) is 5.49. The van der Waals surface area contributed by atoms with Gasteiger partial charge in [0, 0.05) is 16.5 Å². The minimum Gasteiger partial charge on any atom is -0.462 e. The lowest BCUT2D eigenvalue weighted by Crippen LogP contribution is -2.16. The standard InChI is InChI=1S/C23H19FN2O4S/c1-4-29-23(28)20-13(2)14(3)31-22(20)26-21(27)16(12-25)11-18-9-10-19(30-18)15-5-7-17(24)8-6-15/h5-11H,4H2,1-3H3,(H,26,27)/b16-11+. The molecule has 0 fully saturated rings. The van der Waals surface area contributed by atoms with Gasteiger partial charge in [0.25, 0.3) is 5.91 Å². The van der Waals surface area contributed by atoms with Crippen molar-refractivity contribution in [2.24, 2.45) is 0 Å². The third-order valence-electron chi connectivity index (χ3n) is 4.50. The molecule has 2 heterocycles. The molecule has 8 heteroatoms. The number of rotatable bonds is 6. The number of carbonyl (C=O) groups excluding carboxylic acids is 2. The molecule has 0 bridgehead atoms. The van der Waals surface area contributed by atoms with E-state index in [1.807, 2.05) is 13.0 Å². The van der Waals surface area contributed by atoms with Gasteiger partial charge in [-0.3, -0.25) is 4.79 Å². The zero-order valence-corrected chi connectivity index (χ0v) is 17.9. The van der Waals surface area contributed by atoms with Gasteiger partial charge >= 0.3 is 5.97 Å². The number of amides is 1. The van der Waals surface area contributed by atoms with Gasteiger partial charge in [-0.1, -0.05) is 0 Å². The third-order valence-corrected chi connectivity index (χ3v) is 5.62. The Balaban J connectivity index is 1.84. The SMILES string of the molecule is CCOC(=O)c1c(NC(=O)/C(C#N)=C/c2ccc(-c3ccc(F)cc3)o2)sc(C)c1C. The van der Waals surface area contributed by atoms with E-state index < -0.39 is 11.9 Å². The van der Waals surface area contributed by atoms with E-state index in [-0.39, 0.29) is 29.3 Å². The van der Waals surface area contributed by atoms with Crippen LogP contribution in [0.4, 0.5) is 9.39 Å². The average molecular weight is 438 g/mol. The Morgan fingerprint density at radius 1 is 1.23 bits per heavy atom. The van der Waals surface area contributed by atoms with E-state index in [0.29, 0.717) is 16.3 Å². The minimum absolute atomic E-state index is 0.196. The summed E-state index contributed by atoms with van der Waals surface area (Å²) in [5.41, 5.74) is 1.47. The lowest BCUT2D eigenvalue weighted by Gasteiger charge is -2.06. The number of halogens is 1. The summed E-state index contributed by atoms with van der Waals surface area (Å²) in [6.07, 6.45) is 1.31. The molecule has 31 heavy (non-hydrogen) atoms. The molecular weight excluding hydrogens is 419 g/mol. The summed E-state index contributed by atoms with van der Waals surface area (Å²) in [5, 5.41) is 12.4. The lowest BCUT2D eigenvalue weighted by molar-refractivity contribution is -0.112. The van der Waals surface area contributed by atoms with Crippen LogP contribution in [0.15, 0.2) is 46.4 Å². The van der Waals surface area contributed by atoms with Crippen molar-refractivity contribution in [3.05, 3.63) is 69.6 Å². The van der Waals surface area contributed by atoms with Crippen molar-refractivity contribution in [1.29, 1.82) is 5.26 Å². The predicted molar refractivity (Wildman–Crippen MR) is 116 cm³/mol. The Labute approximate surface area is 182 Å². The Morgan fingerprint density at radius 2 is 1.94 bits per heavy atom. The van der Waals surface area contributed by atoms with Gasteiger partial charge in [0.2, 0.25) is 0 Å². The van der Waals surface area contributed by atoms with Gasteiger partial charge in [0.1, 0.15) is 34.0 Å². The van der Waals surface area contributed by atoms with Crippen LogP contribution in [-0.2, 0) is 9.53 Å². The van der Waals surface area contributed by atoms with Crippen LogP contribution in [0, 0.1) is 31.0 Å². The largest absolute Gasteiger partial charge is 0.462 e. The van der Waals surface area contributed by atoms with Crippen LogP contribution >= 0.6 is 11.3 Å². The number of ether oxygens (including phenoxy) is 1. The molecule has 0 saturated heterocycles. The highest BCUT2D eigenvalue weighted by atomic mass is 32.1. The van der Waals surface area contributed by atoms with Gasteiger partial charge in [0.05, 0.1) is 12.2 Å². The first kappa shape index (κ1) is 22.0. The van der Waals surface area contributed by atoms with Crippen LogP contribution < -0.4 is 5.32 Å². The van der Waals surface area contributed by atoms with Gasteiger partial charge in [-0.25, -0.2) is 9.18 Å². The van der Waals surface area contributed by atoms with E-state index in [0.717, 1.165) is 10.4 Å². The summed E-state index contributed by atoms with van der Waals surface area (Å²) >= 11 is 1.24. The molecule has 1 aromatic carbocycles. The van der Waals surface area contributed by atoms with Crippen LogP contribution in [-0.4, -0.2) is 18.5 Å². The molecule has 3 rings (SSSR count). The normalized spacial score (nSPS) is 11.1. The lowest BCUT2D eigenvalue weighted by atomic mass is 10.1. The Kier molecular flexibility index (Phi) is 6.68. The van der Waals surface area contributed by atoms with Gasteiger partial charge in [-0.05, 0) is 62.7 Å². The van der Waals surface area contributed by atoms with E-state index >= 15 is 0 Å². The number of benzene rings is 1. The zero-order valence-electron chi connectivity index (χ0n) is 17.1. The number of aryl methyl sites for hydroxylation is 1. The van der Waals surface area contributed by atoms with Gasteiger partial charge in [0.15, 0.2) is 0 Å². The Hall–Kier alpha value is -3.70. The topological polar surface area (TPSA) is 92.3 Å². The summed E-state index contributed by atoms with van der Waals surface area (Å²) in [4.78, 5) is 25.8. The Bertz CT molecular complexity index is 1200. The van der Waals surface area contributed by atoms with Crippen LogP contribution in [0.1, 0.15) is 33.5 Å². The maximum atomic E-state index is 13.1. The molecule has 0 unspecified atom stereocenters. The molecule has 0 aliphatic rings. The first-order chi connectivity index (χ1) is 14.8. The van der Waals surface area contributed by atoms with Crippen molar-refractivity contribution < 1.29 is 23.1 Å². The van der Waals surface area contributed by atoms with Crippen molar-refractivity contribution >= 4 is 34.3 Å². The number of nitrogens with zero attached hydrogens (tertiary/aromatic N) is 1. The van der Waals surface area contributed by atoms with Crippen molar-refractivity contribution in [1.82, 2.24) is 0 Å². The summed E-state index contributed by atoms with van der Waals surface area (Å²) in [7, 11) is 0. The molecule has 158 valence electrons. The molecular formula is C23H19FN2O4S. The van der Waals surface area contributed by atoms with Crippen LogP contribution in [0.5, 0.6) is 0 Å². The number of esters is 1. The fraction of sp³-hybridized carbons (Fsp3) is 0.174. The number of nitrogens with one attached hydrogen (secondary N) is 1. The van der Waals surface area contributed by atoms with Crippen molar-refractivity contribution in [3.63, 3.8) is 0 Å². The summed E-state index contributed by atoms with van der Waals surface area (Å²) in [6, 6.07) is 10.9. The fourth-order valence-electron chi connectivity index (χ4n) is 2.83. The molecule has 2 aromatic heterocycles. The van der Waals surface area contributed by atoms with E-state index in [9.17, 15) is 19.2 Å². The number of nitriles is 1. The maximum absolute atomic E-state index is 13.1. The average Bonchev–Trinajstić information content (AvgIpc) is 3.31. The molecule has 0 atom stereocenters. The smallest absolute Gasteiger partial charge is 0.341 e. The monoisotopic (exact) mass is 438 g/mol. The number of thiophene rings is 1. The molecule has 0 aliphatic carbocycles. The van der Waals surface area contributed by atoms with Crippen LogP contribution in [0.2, 0.25) is 0 Å². The highest BCUT2D eigenvalue weighted by molar-refractivity contribution is 7.16. The number of furan rings is 1. The minimum atomic E-state index is -0.672.